The van der Waals surface area contributed by atoms with Crippen LogP contribution in [-0.4, -0.2) is 63.4 Å². The third-order valence-electron chi connectivity index (χ3n) is 5.55. The van der Waals surface area contributed by atoms with Crippen LogP contribution < -0.4 is 5.32 Å². The van der Waals surface area contributed by atoms with Gasteiger partial charge < -0.3 is 10.2 Å². The molecule has 3 heterocycles. The van der Waals surface area contributed by atoms with Crippen LogP contribution in [0.1, 0.15) is 33.4 Å². The summed E-state index contributed by atoms with van der Waals surface area (Å²) in [5, 5.41) is 3.67. The summed E-state index contributed by atoms with van der Waals surface area (Å²) >= 11 is 1.32. The molecule has 0 bridgehead atoms. The molecule has 3 aromatic rings. The maximum atomic E-state index is 12.7. The summed E-state index contributed by atoms with van der Waals surface area (Å²) in [6.07, 6.45) is 3.35. The standard InChI is InChI=1S/C23H28N6OS/c1-3-28-11-13-29(14-12-28)16-19-7-5-18(6-8-19)15-26-22(30)20-17(2)27-23(31-20)21-24-9-4-10-25-21/h4-10H,3,11-16H2,1-2H3,(H,26,30). The second-order valence-electron chi connectivity index (χ2n) is 7.72. The van der Waals surface area contributed by atoms with E-state index >= 15 is 0 Å². The Morgan fingerprint density at radius 3 is 2.35 bits per heavy atom. The van der Waals surface area contributed by atoms with Crippen LogP contribution in [0, 0.1) is 6.92 Å². The summed E-state index contributed by atoms with van der Waals surface area (Å²) in [5.41, 5.74) is 3.09. The maximum absolute atomic E-state index is 12.7. The second-order valence-corrected chi connectivity index (χ2v) is 8.71. The lowest BCUT2D eigenvalue weighted by Gasteiger charge is -2.34. The van der Waals surface area contributed by atoms with E-state index in [0.717, 1.165) is 44.8 Å². The van der Waals surface area contributed by atoms with E-state index in [1.54, 1.807) is 18.5 Å². The van der Waals surface area contributed by atoms with Gasteiger partial charge in [-0.2, -0.15) is 0 Å². The van der Waals surface area contributed by atoms with Gasteiger partial charge in [-0.3, -0.25) is 9.69 Å². The smallest absolute Gasteiger partial charge is 0.263 e. The summed E-state index contributed by atoms with van der Waals surface area (Å²) in [6, 6.07) is 10.3. The number of carbonyl (C=O) groups excluding carboxylic acids is 1. The van der Waals surface area contributed by atoms with E-state index in [4.69, 9.17) is 0 Å². The van der Waals surface area contributed by atoms with E-state index in [2.05, 4.69) is 61.3 Å². The number of aromatic nitrogens is 3. The summed E-state index contributed by atoms with van der Waals surface area (Å²) in [7, 11) is 0. The number of piperazine rings is 1. The number of benzene rings is 1. The molecule has 0 saturated carbocycles. The van der Waals surface area contributed by atoms with E-state index in [0.29, 0.717) is 27.9 Å². The van der Waals surface area contributed by atoms with Gasteiger partial charge >= 0.3 is 0 Å². The molecule has 0 atom stereocenters. The predicted molar refractivity (Wildman–Crippen MR) is 123 cm³/mol. The monoisotopic (exact) mass is 436 g/mol. The zero-order chi connectivity index (χ0) is 21.6. The van der Waals surface area contributed by atoms with E-state index < -0.39 is 0 Å². The number of likely N-dealkylation sites (N-methyl/N-ethyl adjacent to an activating group) is 1. The number of nitrogens with one attached hydrogen (secondary N) is 1. The van der Waals surface area contributed by atoms with Gasteiger partial charge in [-0.1, -0.05) is 31.2 Å². The number of thiazole rings is 1. The van der Waals surface area contributed by atoms with Gasteiger partial charge in [-0.25, -0.2) is 15.0 Å². The molecule has 2 aromatic heterocycles. The lowest BCUT2D eigenvalue weighted by Crippen LogP contribution is -2.45. The molecule has 0 unspecified atom stereocenters. The highest BCUT2D eigenvalue weighted by atomic mass is 32.1. The Balaban J connectivity index is 1.30. The average molecular weight is 437 g/mol. The molecule has 7 nitrogen and oxygen atoms in total. The fourth-order valence-corrected chi connectivity index (χ4v) is 4.59. The van der Waals surface area contributed by atoms with Crippen molar-refractivity contribution in [3.8, 4) is 10.8 Å². The van der Waals surface area contributed by atoms with Crippen LogP contribution in [0.25, 0.3) is 10.8 Å². The average Bonchev–Trinajstić information content (AvgIpc) is 3.21. The normalized spacial score (nSPS) is 15.2. The molecule has 31 heavy (non-hydrogen) atoms. The van der Waals surface area contributed by atoms with Gasteiger partial charge in [0.25, 0.3) is 5.91 Å². The third kappa shape index (κ3) is 5.52. The fraction of sp³-hybridized carbons (Fsp3) is 0.391. The first-order chi connectivity index (χ1) is 15.1. The van der Waals surface area contributed by atoms with Gasteiger partial charge in [-0.15, -0.1) is 11.3 Å². The van der Waals surface area contributed by atoms with Gasteiger partial charge in [0.2, 0.25) is 0 Å². The highest BCUT2D eigenvalue weighted by Crippen LogP contribution is 2.25. The zero-order valence-corrected chi connectivity index (χ0v) is 18.9. The zero-order valence-electron chi connectivity index (χ0n) is 18.0. The maximum Gasteiger partial charge on any atom is 0.263 e. The minimum atomic E-state index is -0.116. The van der Waals surface area contributed by atoms with Crippen molar-refractivity contribution in [1.29, 1.82) is 0 Å². The van der Waals surface area contributed by atoms with Crippen molar-refractivity contribution in [2.45, 2.75) is 26.9 Å². The molecular weight excluding hydrogens is 408 g/mol. The largest absolute Gasteiger partial charge is 0.347 e. The van der Waals surface area contributed by atoms with Crippen molar-refractivity contribution < 1.29 is 4.79 Å². The number of rotatable bonds is 7. The molecule has 8 heteroatoms. The van der Waals surface area contributed by atoms with Gasteiger partial charge in [-0.05, 0) is 30.7 Å². The van der Waals surface area contributed by atoms with Crippen LogP contribution in [0.5, 0.6) is 0 Å². The Morgan fingerprint density at radius 1 is 1.03 bits per heavy atom. The number of carbonyl (C=O) groups is 1. The Labute approximate surface area is 187 Å². The first-order valence-corrected chi connectivity index (χ1v) is 11.5. The van der Waals surface area contributed by atoms with Crippen LogP contribution in [-0.2, 0) is 13.1 Å². The summed E-state index contributed by atoms with van der Waals surface area (Å²) in [4.78, 5) is 31.2. The molecule has 0 spiro atoms. The van der Waals surface area contributed by atoms with Crippen LogP contribution in [0.15, 0.2) is 42.7 Å². The summed E-state index contributed by atoms with van der Waals surface area (Å²) in [6.45, 7) is 11.2. The van der Waals surface area contributed by atoms with Crippen LogP contribution in [0.4, 0.5) is 0 Å². The summed E-state index contributed by atoms with van der Waals surface area (Å²) in [5.74, 6) is 0.427. The number of amides is 1. The van der Waals surface area contributed by atoms with Gasteiger partial charge in [0, 0.05) is 51.7 Å². The Kier molecular flexibility index (Phi) is 7.01. The van der Waals surface area contributed by atoms with Crippen LogP contribution >= 0.6 is 11.3 Å². The van der Waals surface area contributed by atoms with Gasteiger partial charge in [0.05, 0.1) is 5.69 Å². The van der Waals surface area contributed by atoms with Crippen molar-refractivity contribution in [2.75, 3.05) is 32.7 Å². The minimum absolute atomic E-state index is 0.116. The van der Waals surface area contributed by atoms with Gasteiger partial charge in [0.1, 0.15) is 4.88 Å². The minimum Gasteiger partial charge on any atom is -0.347 e. The highest BCUT2D eigenvalue weighted by Gasteiger charge is 2.18. The molecule has 1 saturated heterocycles. The lowest BCUT2D eigenvalue weighted by molar-refractivity contribution is 0.0954. The molecular formula is C23H28N6OS. The molecule has 1 aromatic carbocycles. The lowest BCUT2D eigenvalue weighted by atomic mass is 10.1. The number of nitrogens with zero attached hydrogens (tertiary/aromatic N) is 5. The van der Waals surface area contributed by atoms with E-state index in [-0.39, 0.29) is 5.91 Å². The predicted octanol–water partition coefficient (Wildman–Crippen LogP) is 2.98. The topological polar surface area (TPSA) is 74.2 Å². The fourth-order valence-electron chi connectivity index (χ4n) is 3.66. The molecule has 0 radical (unpaired) electrons. The highest BCUT2D eigenvalue weighted by molar-refractivity contribution is 7.17. The second kappa shape index (κ2) is 10.1. The van der Waals surface area contributed by atoms with Crippen molar-refractivity contribution in [2.24, 2.45) is 0 Å². The van der Waals surface area contributed by atoms with Crippen molar-refractivity contribution >= 4 is 17.2 Å². The van der Waals surface area contributed by atoms with Crippen LogP contribution in [0.2, 0.25) is 0 Å². The van der Waals surface area contributed by atoms with Crippen LogP contribution in [0.3, 0.4) is 0 Å². The van der Waals surface area contributed by atoms with Crippen molar-refractivity contribution in [3.05, 3.63) is 64.4 Å². The molecule has 1 fully saturated rings. The number of aryl methyl sites for hydroxylation is 1. The van der Waals surface area contributed by atoms with Gasteiger partial charge in [0.15, 0.2) is 10.8 Å². The number of hydrogen-bond donors (Lipinski definition) is 1. The van der Waals surface area contributed by atoms with Crippen molar-refractivity contribution in [1.82, 2.24) is 30.1 Å². The Hall–Kier alpha value is -2.68. The SMILES string of the molecule is CCN1CCN(Cc2ccc(CNC(=O)c3sc(-c4ncccn4)nc3C)cc2)CC1. The quantitative estimate of drug-likeness (QED) is 0.614. The molecule has 0 aliphatic carbocycles. The molecule has 1 amide bonds. The third-order valence-corrected chi connectivity index (χ3v) is 6.71. The summed E-state index contributed by atoms with van der Waals surface area (Å²) < 4.78 is 0. The van der Waals surface area contributed by atoms with E-state index in [9.17, 15) is 4.79 Å². The van der Waals surface area contributed by atoms with E-state index in [1.807, 2.05) is 6.92 Å². The Morgan fingerprint density at radius 2 is 1.68 bits per heavy atom. The molecule has 1 aliphatic rings. The first-order valence-electron chi connectivity index (χ1n) is 10.7. The molecule has 162 valence electrons. The van der Waals surface area contributed by atoms with Crippen molar-refractivity contribution in [3.63, 3.8) is 0 Å². The molecule has 1 aliphatic heterocycles. The van der Waals surface area contributed by atoms with E-state index in [1.165, 1.54) is 16.9 Å². The number of hydrogen-bond acceptors (Lipinski definition) is 7. The molecule has 1 N–H and O–H groups in total. The molecule has 4 rings (SSSR count). The first kappa shape index (κ1) is 21.5. The Bertz CT molecular complexity index is 997.